The molecule has 0 bridgehead atoms. The van der Waals surface area contributed by atoms with Crippen molar-refractivity contribution in [2.75, 3.05) is 5.32 Å². The first-order chi connectivity index (χ1) is 12.1. The number of nitriles is 1. The fourth-order valence-electron chi connectivity index (χ4n) is 2.29. The lowest BCUT2D eigenvalue weighted by Gasteiger charge is -2.16. The number of rotatable bonds is 4. The summed E-state index contributed by atoms with van der Waals surface area (Å²) in [6.07, 6.45) is -4.77. The van der Waals surface area contributed by atoms with Gasteiger partial charge in [-0.1, -0.05) is 35.9 Å². The van der Waals surface area contributed by atoms with Crippen molar-refractivity contribution in [2.45, 2.75) is 13.1 Å². The average Bonchev–Trinajstić information content (AvgIpc) is 2.55. The molecule has 8 heteroatoms. The molecule has 1 amide bonds. The number of Topliss-reactive ketones (excluding diaryl/α,β-unsaturated/α-hetero) is 1. The van der Waals surface area contributed by atoms with Gasteiger partial charge in [-0.15, -0.1) is 0 Å². The number of ketones is 1. The van der Waals surface area contributed by atoms with Crippen LogP contribution >= 0.6 is 11.6 Å². The number of nitrogens with one attached hydrogen (secondary N) is 1. The van der Waals surface area contributed by atoms with Gasteiger partial charge in [0.25, 0.3) is 0 Å². The molecule has 0 saturated heterocycles. The van der Waals surface area contributed by atoms with E-state index in [9.17, 15) is 22.8 Å². The smallest absolute Gasteiger partial charge is 0.324 e. The van der Waals surface area contributed by atoms with Crippen LogP contribution in [0.25, 0.3) is 11.1 Å². The highest BCUT2D eigenvalue weighted by atomic mass is 35.5. The maximum Gasteiger partial charge on any atom is 0.418 e. The number of amides is 1. The first kappa shape index (κ1) is 19.5. The summed E-state index contributed by atoms with van der Waals surface area (Å²) in [5.74, 6) is -3.55. The van der Waals surface area contributed by atoms with Crippen molar-refractivity contribution in [2.24, 2.45) is 5.92 Å². The van der Waals surface area contributed by atoms with Gasteiger partial charge in [0.1, 0.15) is 0 Å². The summed E-state index contributed by atoms with van der Waals surface area (Å²) >= 11 is 6.02. The van der Waals surface area contributed by atoms with Gasteiger partial charge in [0.05, 0.1) is 17.3 Å². The lowest BCUT2D eigenvalue weighted by Crippen LogP contribution is -2.28. The van der Waals surface area contributed by atoms with Crippen LogP contribution in [0, 0.1) is 17.2 Å². The summed E-state index contributed by atoms with van der Waals surface area (Å²) in [5.41, 5.74) is -1.04. The Hall–Kier alpha value is -2.85. The van der Waals surface area contributed by atoms with Crippen LogP contribution in [0.2, 0.25) is 5.02 Å². The lowest BCUT2D eigenvalue weighted by atomic mass is 10.0. The molecule has 0 aromatic heterocycles. The molecule has 2 aromatic rings. The highest BCUT2D eigenvalue weighted by Gasteiger charge is 2.35. The van der Waals surface area contributed by atoms with Crippen molar-refractivity contribution in [3.05, 3.63) is 53.1 Å². The van der Waals surface area contributed by atoms with Gasteiger partial charge < -0.3 is 5.32 Å². The number of nitrogens with zero attached hydrogens (tertiary/aromatic N) is 1. The number of anilines is 1. The van der Waals surface area contributed by atoms with E-state index >= 15 is 0 Å². The summed E-state index contributed by atoms with van der Waals surface area (Å²) in [6, 6.07) is 11.1. The molecule has 4 nitrogen and oxygen atoms in total. The third kappa shape index (κ3) is 4.21. The number of carbonyl (C=O) groups excluding carboxylic acids is 2. The minimum atomic E-state index is -4.77. The molecule has 1 unspecified atom stereocenters. The van der Waals surface area contributed by atoms with Crippen LogP contribution in [0.5, 0.6) is 0 Å². The summed E-state index contributed by atoms with van der Waals surface area (Å²) < 4.78 is 40.3. The van der Waals surface area contributed by atoms with E-state index in [2.05, 4.69) is 0 Å². The van der Waals surface area contributed by atoms with Crippen LogP contribution in [0.1, 0.15) is 12.5 Å². The molecule has 0 spiro atoms. The Morgan fingerprint density at radius 2 is 1.85 bits per heavy atom. The Bertz CT molecular complexity index is 904. The minimum Gasteiger partial charge on any atom is -0.324 e. The number of halogens is 4. The van der Waals surface area contributed by atoms with Crippen LogP contribution in [-0.2, 0) is 15.8 Å². The van der Waals surface area contributed by atoms with Crippen molar-refractivity contribution < 1.29 is 22.8 Å². The highest BCUT2D eigenvalue weighted by molar-refractivity contribution is 6.33. The summed E-state index contributed by atoms with van der Waals surface area (Å²) in [5, 5.41) is 11.1. The average molecular weight is 381 g/mol. The Kier molecular flexibility index (Phi) is 5.68. The molecular weight excluding hydrogens is 369 g/mol. The second-order valence-corrected chi connectivity index (χ2v) is 5.81. The number of hydrogen-bond acceptors (Lipinski definition) is 3. The van der Waals surface area contributed by atoms with E-state index in [0.29, 0.717) is 5.56 Å². The van der Waals surface area contributed by atoms with E-state index in [1.807, 2.05) is 5.32 Å². The lowest BCUT2D eigenvalue weighted by molar-refractivity contribution is -0.136. The molecule has 26 heavy (non-hydrogen) atoms. The zero-order valence-corrected chi connectivity index (χ0v) is 14.2. The van der Waals surface area contributed by atoms with Gasteiger partial charge in [0, 0.05) is 10.6 Å². The molecule has 2 rings (SSSR count). The highest BCUT2D eigenvalue weighted by Crippen LogP contribution is 2.39. The number of alkyl halides is 3. The molecule has 0 radical (unpaired) electrons. The normalized spacial score (nSPS) is 12.2. The van der Waals surface area contributed by atoms with Gasteiger partial charge in [0.2, 0.25) is 5.91 Å². The molecule has 0 aliphatic heterocycles. The maximum atomic E-state index is 13.4. The number of carbonyl (C=O) groups is 2. The molecule has 0 aliphatic carbocycles. The van der Waals surface area contributed by atoms with E-state index in [-0.39, 0.29) is 10.6 Å². The van der Waals surface area contributed by atoms with Gasteiger partial charge in [-0.2, -0.15) is 18.4 Å². The quantitative estimate of drug-likeness (QED) is 0.782. The predicted molar refractivity (Wildman–Crippen MR) is 90.3 cm³/mol. The summed E-state index contributed by atoms with van der Waals surface area (Å²) in [6.45, 7) is 1.01. The molecule has 1 N–H and O–H groups in total. The van der Waals surface area contributed by atoms with Crippen LogP contribution in [0.15, 0.2) is 42.5 Å². The third-order valence-corrected chi connectivity index (χ3v) is 3.90. The Morgan fingerprint density at radius 3 is 2.38 bits per heavy atom. The molecule has 0 fully saturated rings. The molecule has 0 aliphatic rings. The van der Waals surface area contributed by atoms with Crippen molar-refractivity contribution in [1.82, 2.24) is 0 Å². The standard InChI is InChI=1S/C18H12ClF3N2O2/c1-10(25)13(9-23)17(26)24-16-7-6-11(8-14(16)18(20,21)22)12-4-2-3-5-15(12)19/h2-8,13H,1H3,(H,24,26). The van der Waals surface area contributed by atoms with Crippen LogP contribution < -0.4 is 5.32 Å². The maximum absolute atomic E-state index is 13.4. The molecule has 2 aromatic carbocycles. The van der Waals surface area contributed by atoms with Gasteiger partial charge in [-0.25, -0.2) is 0 Å². The Labute approximate surface area is 152 Å². The van der Waals surface area contributed by atoms with E-state index in [4.69, 9.17) is 16.9 Å². The minimum absolute atomic E-state index is 0.212. The Balaban J connectivity index is 2.49. The zero-order chi connectivity index (χ0) is 19.5. The van der Waals surface area contributed by atoms with E-state index in [0.717, 1.165) is 19.1 Å². The molecule has 134 valence electrons. The van der Waals surface area contributed by atoms with Gasteiger partial charge in [-0.05, 0) is 30.7 Å². The monoisotopic (exact) mass is 380 g/mol. The van der Waals surface area contributed by atoms with Gasteiger partial charge in [0.15, 0.2) is 11.7 Å². The van der Waals surface area contributed by atoms with Crippen LogP contribution in [-0.4, -0.2) is 11.7 Å². The first-order valence-corrected chi connectivity index (χ1v) is 7.70. The number of benzene rings is 2. The second kappa shape index (κ2) is 7.58. The van der Waals surface area contributed by atoms with Gasteiger partial charge >= 0.3 is 6.18 Å². The molecule has 0 heterocycles. The topological polar surface area (TPSA) is 70.0 Å². The van der Waals surface area contributed by atoms with Crippen molar-refractivity contribution in [3.8, 4) is 17.2 Å². The first-order valence-electron chi connectivity index (χ1n) is 7.32. The van der Waals surface area contributed by atoms with Gasteiger partial charge in [-0.3, -0.25) is 9.59 Å². The Morgan fingerprint density at radius 1 is 1.19 bits per heavy atom. The SMILES string of the molecule is CC(=O)C(C#N)C(=O)Nc1ccc(-c2ccccc2Cl)cc1C(F)(F)F. The summed E-state index contributed by atoms with van der Waals surface area (Å²) in [7, 11) is 0. The van der Waals surface area contributed by atoms with Crippen molar-refractivity contribution >= 4 is 29.0 Å². The molecule has 1 atom stereocenters. The van der Waals surface area contributed by atoms with E-state index in [1.54, 1.807) is 24.3 Å². The van der Waals surface area contributed by atoms with Crippen molar-refractivity contribution in [3.63, 3.8) is 0 Å². The zero-order valence-electron chi connectivity index (χ0n) is 13.4. The predicted octanol–water partition coefficient (Wildman–Crippen LogP) is 4.69. The molecule has 0 saturated carbocycles. The molecular formula is C18H12ClF3N2O2. The second-order valence-electron chi connectivity index (χ2n) is 5.40. The third-order valence-electron chi connectivity index (χ3n) is 3.57. The van der Waals surface area contributed by atoms with Crippen LogP contribution in [0.4, 0.5) is 18.9 Å². The largest absolute Gasteiger partial charge is 0.418 e. The summed E-state index contributed by atoms with van der Waals surface area (Å²) in [4.78, 5) is 23.2. The van der Waals surface area contributed by atoms with Crippen molar-refractivity contribution in [1.29, 1.82) is 5.26 Å². The fourth-order valence-corrected chi connectivity index (χ4v) is 2.53. The van der Waals surface area contributed by atoms with Crippen LogP contribution in [0.3, 0.4) is 0 Å². The van der Waals surface area contributed by atoms with E-state index in [1.165, 1.54) is 12.1 Å². The van der Waals surface area contributed by atoms with E-state index < -0.39 is 35.0 Å². The fraction of sp³-hybridized carbons (Fsp3) is 0.167. The number of hydrogen-bond donors (Lipinski definition) is 1.